The van der Waals surface area contributed by atoms with Crippen molar-refractivity contribution in [3.05, 3.63) is 113 Å². The minimum absolute atomic E-state index is 0.156. The largest absolute Gasteiger partial charge is 0.416 e. The molecule has 0 spiro atoms. The van der Waals surface area contributed by atoms with Crippen LogP contribution in [0.15, 0.2) is 88.0 Å². The smallest absolute Gasteiger partial charge is 0.404 e. The normalized spacial score (nSPS) is 21.3. The van der Waals surface area contributed by atoms with E-state index in [1.165, 1.54) is 30.3 Å². The number of piperidine rings is 1. The molecule has 2 N–H and O–H groups in total. The first-order valence-corrected chi connectivity index (χ1v) is 14.3. The van der Waals surface area contributed by atoms with Crippen LogP contribution in [0.5, 0.6) is 0 Å². The second-order valence-electron chi connectivity index (χ2n) is 10.1. The highest BCUT2D eigenvalue weighted by Crippen LogP contribution is 2.48. The van der Waals surface area contributed by atoms with E-state index in [9.17, 15) is 43.9 Å². The number of pyridine rings is 1. The van der Waals surface area contributed by atoms with Gasteiger partial charge in [-0.25, -0.2) is 31.0 Å². The third kappa shape index (κ3) is 5.64. The quantitative estimate of drug-likeness (QED) is 0.214. The van der Waals surface area contributed by atoms with Crippen LogP contribution in [-0.2, 0) is 16.2 Å². The molecule has 2 aliphatic rings. The number of halogens is 7. The number of rotatable bonds is 5. The highest BCUT2D eigenvalue weighted by atomic mass is 32.2. The monoisotopic (exact) mass is 638 g/mol. The van der Waals surface area contributed by atoms with Crippen LogP contribution in [0, 0.1) is 28.7 Å². The van der Waals surface area contributed by atoms with Crippen molar-refractivity contribution in [1.29, 1.82) is 0 Å². The maximum atomic E-state index is 14.1. The number of benzene rings is 2. The van der Waals surface area contributed by atoms with Crippen LogP contribution < -0.4 is 5.73 Å². The number of carbonyl (C=O) groups is 1. The number of allylic oxidation sites excluding steroid dienone is 2. The van der Waals surface area contributed by atoms with Crippen LogP contribution >= 0.6 is 0 Å². The molecule has 44 heavy (non-hydrogen) atoms. The maximum absolute atomic E-state index is 14.1. The Hall–Kier alpha value is -4.37. The summed E-state index contributed by atoms with van der Waals surface area (Å²) >= 11 is 0. The Balaban J connectivity index is 1.65. The van der Waals surface area contributed by atoms with Gasteiger partial charge in [0.15, 0.2) is 23.2 Å². The lowest BCUT2D eigenvalue weighted by atomic mass is 9.64. The van der Waals surface area contributed by atoms with Crippen molar-refractivity contribution < 1.29 is 43.9 Å². The van der Waals surface area contributed by atoms with Gasteiger partial charge in [-0.1, -0.05) is 5.57 Å². The molecule has 230 valence electrons. The molecule has 15 heteroatoms. The second kappa shape index (κ2) is 11.3. The third-order valence-corrected chi connectivity index (χ3v) is 9.27. The van der Waals surface area contributed by atoms with Gasteiger partial charge in [-0.3, -0.25) is 9.78 Å². The van der Waals surface area contributed by atoms with Gasteiger partial charge >= 0.3 is 6.18 Å². The number of hydrogen-bond acceptors (Lipinski definition) is 6. The van der Waals surface area contributed by atoms with Crippen molar-refractivity contribution in [2.75, 3.05) is 13.1 Å². The number of Topliss-reactive ketones (excluding diaryl/α,β-unsaturated/α-hetero) is 1. The number of aliphatic imine (C=N–C) groups is 1. The Morgan fingerprint density at radius 2 is 1.68 bits per heavy atom. The second-order valence-corrected chi connectivity index (χ2v) is 12.1. The van der Waals surface area contributed by atoms with Gasteiger partial charge < -0.3 is 5.73 Å². The van der Waals surface area contributed by atoms with E-state index >= 15 is 0 Å². The molecular formula is C29H21F7N4O3S. The summed E-state index contributed by atoms with van der Waals surface area (Å²) in [6.07, 6.45) is -1.97. The number of ketones is 1. The van der Waals surface area contributed by atoms with E-state index in [0.717, 1.165) is 16.7 Å². The summed E-state index contributed by atoms with van der Waals surface area (Å²) in [4.78, 5) is 21.5. The molecule has 2 aromatic carbocycles. The molecule has 5 rings (SSSR count). The first-order chi connectivity index (χ1) is 20.7. The van der Waals surface area contributed by atoms with Crippen LogP contribution in [0.1, 0.15) is 28.9 Å². The molecule has 2 heterocycles. The molecule has 7 nitrogen and oxygen atoms in total. The van der Waals surface area contributed by atoms with Gasteiger partial charge in [-0.2, -0.15) is 17.5 Å². The Morgan fingerprint density at radius 3 is 2.30 bits per heavy atom. The number of sulfonamides is 1. The predicted molar refractivity (Wildman–Crippen MR) is 144 cm³/mol. The summed E-state index contributed by atoms with van der Waals surface area (Å²) in [6.45, 7) is -0.995. The van der Waals surface area contributed by atoms with E-state index in [0.29, 0.717) is 30.0 Å². The summed E-state index contributed by atoms with van der Waals surface area (Å²) in [5, 5.41) is 0. The van der Waals surface area contributed by atoms with Crippen molar-refractivity contribution in [3.63, 3.8) is 0 Å². The fourth-order valence-electron chi connectivity index (χ4n) is 5.23. The van der Waals surface area contributed by atoms with Crippen LogP contribution in [0.2, 0.25) is 0 Å². The Labute approximate surface area is 246 Å². The molecule has 0 unspecified atom stereocenters. The summed E-state index contributed by atoms with van der Waals surface area (Å²) < 4.78 is 123. The van der Waals surface area contributed by atoms with Crippen LogP contribution in [-0.4, -0.2) is 42.3 Å². The fraction of sp³-hybridized carbons (Fsp3) is 0.207. The van der Waals surface area contributed by atoms with E-state index < -0.39 is 73.4 Å². The summed E-state index contributed by atoms with van der Waals surface area (Å²) in [6, 6.07) is 6.89. The van der Waals surface area contributed by atoms with Crippen LogP contribution in [0.4, 0.5) is 36.4 Å². The van der Waals surface area contributed by atoms with E-state index in [1.807, 2.05) is 0 Å². The van der Waals surface area contributed by atoms with Crippen molar-refractivity contribution in [2.24, 2.45) is 16.1 Å². The van der Waals surface area contributed by atoms with Crippen molar-refractivity contribution in [1.82, 2.24) is 9.29 Å². The number of fused-ring (bicyclic) bond motifs is 1. The van der Waals surface area contributed by atoms with Gasteiger partial charge in [0, 0.05) is 19.3 Å². The lowest BCUT2D eigenvalue weighted by Gasteiger charge is -2.45. The van der Waals surface area contributed by atoms with E-state index in [-0.39, 0.29) is 36.2 Å². The minimum Gasteiger partial charge on any atom is -0.404 e. The molecule has 1 saturated heterocycles. The topological polar surface area (TPSA) is 106 Å². The van der Waals surface area contributed by atoms with E-state index in [2.05, 4.69) is 9.98 Å². The SMILES string of the molecule is NC=C1C[C@]2(C(=O)c3cc(C(F)(F)F)ccn3)CN(S(=O)(=O)c3cc(F)c(F)c(F)c3)CCC2=CC1=Nc1ccc(F)cc1. The van der Waals surface area contributed by atoms with Crippen LogP contribution in [0.25, 0.3) is 0 Å². The molecule has 0 radical (unpaired) electrons. The van der Waals surface area contributed by atoms with E-state index in [1.54, 1.807) is 0 Å². The Bertz CT molecular complexity index is 1830. The van der Waals surface area contributed by atoms with Crippen LogP contribution in [0.3, 0.4) is 0 Å². The summed E-state index contributed by atoms with van der Waals surface area (Å²) in [5.74, 6) is -6.88. The molecule has 1 aliphatic heterocycles. The highest BCUT2D eigenvalue weighted by Gasteiger charge is 2.52. The molecule has 1 aromatic heterocycles. The lowest BCUT2D eigenvalue weighted by Crippen LogP contribution is -2.53. The highest BCUT2D eigenvalue weighted by molar-refractivity contribution is 7.89. The standard InChI is InChI=1S/C29H21F7N4O3S/c30-19-1-3-20(4-2-19)39-24-9-17-6-8-40(44(42,43)21-11-22(31)26(33)23(32)12-21)15-28(17,13-16(24)14-37)27(41)25-10-18(5-7-38-25)29(34,35)36/h1-5,7,9-12,14H,6,8,13,15,37H2/t28-/m0/s1. The number of carbonyl (C=O) groups excluding carboxylic acids is 1. The molecule has 0 saturated carbocycles. The lowest BCUT2D eigenvalue weighted by molar-refractivity contribution is -0.137. The number of nitrogens with two attached hydrogens (primary N) is 1. The fourth-order valence-corrected chi connectivity index (χ4v) is 6.76. The third-order valence-electron chi connectivity index (χ3n) is 7.45. The molecule has 1 atom stereocenters. The predicted octanol–water partition coefficient (Wildman–Crippen LogP) is 5.87. The maximum Gasteiger partial charge on any atom is 0.416 e. The van der Waals surface area contributed by atoms with Crippen molar-refractivity contribution >= 4 is 27.2 Å². The first kappa shape index (κ1) is 31.1. The Morgan fingerprint density at radius 1 is 1.02 bits per heavy atom. The molecule has 0 amide bonds. The number of hydrogen-bond donors (Lipinski definition) is 1. The molecule has 1 fully saturated rings. The first-order valence-electron chi connectivity index (χ1n) is 12.8. The number of alkyl halides is 3. The number of nitrogens with zero attached hydrogens (tertiary/aromatic N) is 3. The average molecular weight is 639 g/mol. The molecular weight excluding hydrogens is 617 g/mol. The van der Waals surface area contributed by atoms with Gasteiger partial charge in [0.1, 0.15) is 11.5 Å². The van der Waals surface area contributed by atoms with Gasteiger partial charge in [-0.15, -0.1) is 0 Å². The zero-order chi connectivity index (χ0) is 32.0. The van der Waals surface area contributed by atoms with Gasteiger partial charge in [0.05, 0.1) is 27.3 Å². The molecule has 1 aliphatic carbocycles. The zero-order valence-corrected chi connectivity index (χ0v) is 23.2. The summed E-state index contributed by atoms with van der Waals surface area (Å²) in [5.41, 5.74) is 3.28. The average Bonchev–Trinajstić information content (AvgIpc) is 2.99. The van der Waals surface area contributed by atoms with Gasteiger partial charge in [-0.05, 0) is 79.2 Å². The van der Waals surface area contributed by atoms with Crippen molar-refractivity contribution in [3.8, 4) is 0 Å². The molecule has 3 aromatic rings. The number of aromatic nitrogens is 1. The van der Waals surface area contributed by atoms with Crippen molar-refractivity contribution in [2.45, 2.75) is 23.9 Å². The zero-order valence-electron chi connectivity index (χ0n) is 22.4. The van der Waals surface area contributed by atoms with E-state index in [4.69, 9.17) is 5.73 Å². The van der Waals surface area contributed by atoms with Gasteiger partial charge in [0.25, 0.3) is 0 Å². The Kier molecular flexibility index (Phi) is 7.97. The summed E-state index contributed by atoms with van der Waals surface area (Å²) in [7, 11) is -4.76. The molecule has 0 bridgehead atoms. The minimum atomic E-state index is -4.82. The van der Waals surface area contributed by atoms with Gasteiger partial charge in [0.2, 0.25) is 10.0 Å².